The van der Waals surface area contributed by atoms with E-state index in [0.717, 1.165) is 5.56 Å². The van der Waals surface area contributed by atoms with E-state index < -0.39 is 5.54 Å². The third-order valence-electron chi connectivity index (χ3n) is 3.47. The van der Waals surface area contributed by atoms with Gasteiger partial charge in [0.1, 0.15) is 5.54 Å². The Balaban J connectivity index is 2.36. The van der Waals surface area contributed by atoms with Gasteiger partial charge in [-0.25, -0.2) is 0 Å². The molecule has 0 spiro atoms. The molecule has 98 valence electrons. The molecule has 2 rings (SSSR count). The maximum atomic E-state index is 9.74. The average Bonchev–Trinajstić information content (AvgIpc) is 2.51. The summed E-state index contributed by atoms with van der Waals surface area (Å²) in [7, 11) is 0. The van der Waals surface area contributed by atoms with Crippen molar-refractivity contribution in [1.29, 1.82) is 10.5 Å². The first-order valence-electron chi connectivity index (χ1n) is 6.35. The van der Waals surface area contributed by atoms with Crippen LogP contribution in [0.1, 0.15) is 18.4 Å². The van der Waals surface area contributed by atoms with Gasteiger partial charge in [-0.15, -0.1) is 0 Å². The predicted octanol–water partition coefficient (Wildman–Crippen LogP) is 1.44. The van der Waals surface area contributed by atoms with Gasteiger partial charge in [0.05, 0.1) is 25.4 Å². The minimum Gasteiger partial charge on any atom is -0.379 e. The first kappa shape index (κ1) is 13.5. The zero-order chi connectivity index (χ0) is 13.6. The second kappa shape index (κ2) is 6.29. The third-order valence-corrected chi connectivity index (χ3v) is 3.47. The number of hydrogen-bond acceptors (Lipinski definition) is 5. The van der Waals surface area contributed by atoms with E-state index in [1.54, 1.807) is 12.4 Å². The number of rotatable bonds is 4. The normalized spacial score (nSPS) is 19.1. The van der Waals surface area contributed by atoms with Crippen molar-refractivity contribution in [1.82, 2.24) is 9.88 Å². The summed E-state index contributed by atoms with van der Waals surface area (Å²) in [6.07, 6.45) is 4.25. The number of morpholine rings is 1. The quantitative estimate of drug-likeness (QED) is 0.815. The van der Waals surface area contributed by atoms with E-state index in [4.69, 9.17) is 10.00 Å². The van der Waals surface area contributed by atoms with Gasteiger partial charge in [-0.1, -0.05) is 6.07 Å². The molecule has 1 fully saturated rings. The number of ether oxygens (including phenoxy) is 1. The van der Waals surface area contributed by atoms with Crippen molar-refractivity contribution < 1.29 is 4.74 Å². The Hall–Kier alpha value is -1.95. The van der Waals surface area contributed by atoms with Gasteiger partial charge in [0, 0.05) is 37.5 Å². The van der Waals surface area contributed by atoms with Gasteiger partial charge in [0.2, 0.25) is 0 Å². The van der Waals surface area contributed by atoms with Gasteiger partial charge in [0.25, 0.3) is 0 Å². The molecule has 0 radical (unpaired) electrons. The molecule has 0 N–H and O–H groups in total. The fourth-order valence-electron chi connectivity index (χ4n) is 2.47. The Bertz CT molecular complexity index is 484. The maximum Gasteiger partial charge on any atom is 0.137 e. The van der Waals surface area contributed by atoms with Crippen molar-refractivity contribution >= 4 is 0 Å². The summed E-state index contributed by atoms with van der Waals surface area (Å²) in [5, 5.41) is 18.6. The number of aromatic nitrogens is 1. The summed E-state index contributed by atoms with van der Waals surface area (Å²) in [5.41, 5.74) is 0.0861. The van der Waals surface area contributed by atoms with Crippen LogP contribution in [-0.2, 0) is 10.3 Å². The largest absolute Gasteiger partial charge is 0.379 e. The summed E-state index contributed by atoms with van der Waals surface area (Å²) in [6.45, 7) is 2.65. The minimum absolute atomic E-state index is 0.347. The predicted molar refractivity (Wildman–Crippen MR) is 68.8 cm³/mol. The summed E-state index contributed by atoms with van der Waals surface area (Å²) >= 11 is 0. The SMILES string of the molecule is N#CCCC(C#N)(c1cccnc1)N1CCOCC1. The molecule has 5 nitrogen and oxygen atoms in total. The van der Waals surface area contributed by atoms with Crippen LogP contribution >= 0.6 is 0 Å². The van der Waals surface area contributed by atoms with Crippen LogP contribution in [0.3, 0.4) is 0 Å². The monoisotopic (exact) mass is 256 g/mol. The van der Waals surface area contributed by atoms with E-state index in [1.807, 2.05) is 12.1 Å². The van der Waals surface area contributed by atoms with Crippen LogP contribution in [0.25, 0.3) is 0 Å². The summed E-state index contributed by atoms with van der Waals surface area (Å²) < 4.78 is 5.35. The van der Waals surface area contributed by atoms with Gasteiger partial charge >= 0.3 is 0 Å². The molecule has 1 atom stereocenters. The molecule has 0 saturated carbocycles. The van der Waals surface area contributed by atoms with Crippen molar-refractivity contribution in [2.45, 2.75) is 18.4 Å². The Kier molecular flexibility index (Phi) is 4.46. The summed E-state index contributed by atoms with van der Waals surface area (Å²) in [5.74, 6) is 0. The zero-order valence-electron chi connectivity index (χ0n) is 10.7. The Morgan fingerprint density at radius 1 is 1.37 bits per heavy atom. The number of nitriles is 2. The van der Waals surface area contributed by atoms with E-state index in [-0.39, 0.29) is 0 Å². The Morgan fingerprint density at radius 3 is 2.74 bits per heavy atom. The molecule has 0 amide bonds. The molecule has 2 heterocycles. The van der Waals surface area contributed by atoms with Crippen molar-refractivity contribution in [3.8, 4) is 12.1 Å². The lowest BCUT2D eigenvalue weighted by molar-refractivity contribution is -0.00756. The molecule has 1 aliphatic rings. The van der Waals surface area contributed by atoms with Crippen molar-refractivity contribution in [2.24, 2.45) is 0 Å². The average molecular weight is 256 g/mol. The highest BCUT2D eigenvalue weighted by Gasteiger charge is 2.39. The van der Waals surface area contributed by atoms with Crippen molar-refractivity contribution in [3.05, 3.63) is 30.1 Å². The van der Waals surface area contributed by atoms with Crippen LogP contribution in [0.15, 0.2) is 24.5 Å². The molecule has 19 heavy (non-hydrogen) atoms. The van der Waals surface area contributed by atoms with Gasteiger partial charge in [-0.3, -0.25) is 9.88 Å². The second-order valence-electron chi connectivity index (χ2n) is 4.47. The topological polar surface area (TPSA) is 72.9 Å². The van der Waals surface area contributed by atoms with Crippen molar-refractivity contribution in [2.75, 3.05) is 26.3 Å². The lowest BCUT2D eigenvalue weighted by Crippen LogP contribution is -2.50. The molecule has 1 unspecified atom stereocenters. The van der Waals surface area contributed by atoms with Gasteiger partial charge in [-0.05, 0) is 12.5 Å². The molecule has 0 aliphatic carbocycles. The second-order valence-corrected chi connectivity index (χ2v) is 4.47. The number of nitrogens with zero attached hydrogens (tertiary/aromatic N) is 4. The standard InChI is InChI=1S/C14H16N4O/c15-5-2-4-14(12-16,13-3-1-6-17-11-13)18-7-9-19-10-8-18/h1,3,6,11H,2,4,7-10H2. The maximum absolute atomic E-state index is 9.74. The van der Waals surface area contributed by atoms with Gasteiger partial charge in [0.15, 0.2) is 0 Å². The van der Waals surface area contributed by atoms with E-state index >= 15 is 0 Å². The number of hydrogen-bond donors (Lipinski definition) is 0. The molecular formula is C14H16N4O. The first-order chi connectivity index (χ1) is 9.33. The highest BCUT2D eigenvalue weighted by molar-refractivity contribution is 5.29. The molecule has 1 aromatic heterocycles. The van der Waals surface area contributed by atoms with E-state index in [0.29, 0.717) is 39.1 Å². The first-order valence-corrected chi connectivity index (χ1v) is 6.35. The lowest BCUT2D eigenvalue weighted by atomic mass is 9.85. The molecule has 0 bridgehead atoms. The Labute approximate surface area is 113 Å². The highest BCUT2D eigenvalue weighted by Crippen LogP contribution is 2.33. The molecule has 0 aromatic carbocycles. The van der Waals surface area contributed by atoms with Crippen LogP contribution in [0.4, 0.5) is 0 Å². The van der Waals surface area contributed by atoms with Crippen LogP contribution in [0.5, 0.6) is 0 Å². The lowest BCUT2D eigenvalue weighted by Gasteiger charge is -2.40. The van der Waals surface area contributed by atoms with Crippen LogP contribution < -0.4 is 0 Å². The molecule has 1 saturated heterocycles. The summed E-state index contributed by atoms with van der Waals surface area (Å²) in [6, 6.07) is 8.29. The smallest absolute Gasteiger partial charge is 0.137 e. The van der Waals surface area contributed by atoms with Crippen LogP contribution in [-0.4, -0.2) is 36.2 Å². The van der Waals surface area contributed by atoms with Gasteiger partial charge < -0.3 is 4.74 Å². The molecule has 5 heteroatoms. The summed E-state index contributed by atoms with van der Waals surface area (Å²) in [4.78, 5) is 6.21. The minimum atomic E-state index is -0.770. The van der Waals surface area contributed by atoms with Crippen LogP contribution in [0.2, 0.25) is 0 Å². The third kappa shape index (κ3) is 2.73. The molecular weight excluding hydrogens is 240 g/mol. The van der Waals surface area contributed by atoms with Gasteiger partial charge in [-0.2, -0.15) is 10.5 Å². The van der Waals surface area contributed by atoms with Crippen molar-refractivity contribution in [3.63, 3.8) is 0 Å². The van der Waals surface area contributed by atoms with Crippen LogP contribution in [0, 0.1) is 22.7 Å². The Morgan fingerprint density at radius 2 is 2.16 bits per heavy atom. The van der Waals surface area contributed by atoms with E-state index in [2.05, 4.69) is 22.0 Å². The van der Waals surface area contributed by atoms with E-state index in [9.17, 15) is 5.26 Å². The van der Waals surface area contributed by atoms with E-state index in [1.165, 1.54) is 0 Å². The highest BCUT2D eigenvalue weighted by atomic mass is 16.5. The zero-order valence-corrected chi connectivity index (χ0v) is 10.7. The fourth-order valence-corrected chi connectivity index (χ4v) is 2.47. The number of pyridine rings is 1. The molecule has 1 aromatic rings. The fraction of sp³-hybridized carbons (Fsp3) is 0.500. The molecule has 1 aliphatic heterocycles.